The molecule has 1 aliphatic rings. The lowest BCUT2D eigenvalue weighted by Gasteiger charge is -2.35. The van der Waals surface area contributed by atoms with Crippen LogP contribution in [0.3, 0.4) is 0 Å². The summed E-state index contributed by atoms with van der Waals surface area (Å²) in [6.45, 7) is 4.21. The van der Waals surface area contributed by atoms with E-state index < -0.39 is 0 Å². The van der Waals surface area contributed by atoms with Gasteiger partial charge in [-0.1, -0.05) is 176 Å². The highest BCUT2D eigenvalue weighted by atomic mass is 32.2. The minimum absolute atomic E-state index is 0.563. The Hall–Kier alpha value is -8.06. The van der Waals surface area contributed by atoms with Gasteiger partial charge in [0.15, 0.2) is 17.5 Å². The highest BCUT2D eigenvalue weighted by molar-refractivity contribution is 7.99. The van der Waals surface area contributed by atoms with Crippen LogP contribution in [0.2, 0.25) is 0 Å². The first-order valence-electron chi connectivity index (χ1n) is 21.3. The van der Waals surface area contributed by atoms with E-state index in [9.17, 15) is 0 Å². The molecule has 0 bridgehead atoms. The van der Waals surface area contributed by atoms with Crippen molar-refractivity contribution in [1.82, 2.24) is 15.0 Å². The molecule has 0 unspecified atom stereocenters. The van der Waals surface area contributed by atoms with Crippen LogP contribution in [0.4, 0.5) is 28.4 Å². The molecule has 10 rings (SSSR count). The number of hydrogen-bond donors (Lipinski definition) is 0. The Bertz CT molecular complexity index is 2940. The summed E-state index contributed by atoms with van der Waals surface area (Å²) < 4.78 is 0. The summed E-state index contributed by atoms with van der Waals surface area (Å²) in [4.78, 5) is 20.8. The molecule has 0 saturated carbocycles. The molecule has 1 aliphatic heterocycles. The molecule has 9 aromatic rings. The summed E-state index contributed by atoms with van der Waals surface area (Å²) in [6, 6.07) is 76.3. The molecule has 64 heavy (non-hydrogen) atoms. The van der Waals surface area contributed by atoms with E-state index in [-0.39, 0.29) is 0 Å². The van der Waals surface area contributed by atoms with Crippen molar-refractivity contribution in [3.63, 3.8) is 0 Å². The Balaban J connectivity index is 1.04. The molecule has 0 fully saturated rings. The maximum atomic E-state index is 4.98. The van der Waals surface area contributed by atoms with Crippen molar-refractivity contribution in [2.45, 2.75) is 4.90 Å². The Morgan fingerprint density at radius 1 is 0.484 bits per heavy atom. The lowest BCUT2D eigenvalue weighted by atomic mass is 10.0. The zero-order chi connectivity index (χ0) is 43.1. The summed E-state index contributed by atoms with van der Waals surface area (Å²) in [5.74, 6) is 2.53. The first kappa shape index (κ1) is 40.0. The van der Waals surface area contributed by atoms with Gasteiger partial charge in [-0.25, -0.2) is 15.0 Å². The summed E-state index contributed by atoms with van der Waals surface area (Å²) in [5, 5.41) is 0. The quantitative estimate of drug-likeness (QED) is 0.121. The van der Waals surface area contributed by atoms with Gasteiger partial charge in [0.2, 0.25) is 0 Å². The fourth-order valence-corrected chi connectivity index (χ4v) is 9.03. The lowest BCUT2D eigenvalue weighted by Crippen LogP contribution is -2.22. The standard InChI is InChI=1S/C58H43N5S/c1-2-42(56-59-57(47-22-12-5-13-23-47)61-58(60-56)48-24-14-6-15-25-48)28-37-53-41-64-55-40-52(38-39-54(55)63(53)49-26-16-7-17-27-49)62(50-33-29-45(30-34-50)43-18-8-3-9-19-43)51-35-31-46(32-36-51)44-20-10-4-11-21-44/h2-40H,1,41H2. The van der Waals surface area contributed by atoms with Gasteiger partial charge in [-0.2, -0.15) is 0 Å². The van der Waals surface area contributed by atoms with Gasteiger partial charge in [-0.15, -0.1) is 11.8 Å². The highest BCUT2D eigenvalue weighted by Gasteiger charge is 2.25. The van der Waals surface area contributed by atoms with Gasteiger partial charge in [0.1, 0.15) is 0 Å². The van der Waals surface area contributed by atoms with Crippen LogP contribution in [-0.2, 0) is 0 Å². The fraction of sp³-hybridized carbons (Fsp3) is 0.0172. The maximum Gasteiger partial charge on any atom is 0.164 e. The zero-order valence-electron chi connectivity index (χ0n) is 35.1. The molecule has 6 heteroatoms. The molecule has 0 aliphatic carbocycles. The fourth-order valence-electron chi connectivity index (χ4n) is 7.99. The van der Waals surface area contributed by atoms with Gasteiger partial charge in [-0.05, 0) is 89.0 Å². The van der Waals surface area contributed by atoms with Crippen molar-refractivity contribution in [1.29, 1.82) is 0 Å². The Kier molecular flexibility index (Phi) is 11.6. The van der Waals surface area contributed by atoms with Crippen LogP contribution >= 0.6 is 11.8 Å². The van der Waals surface area contributed by atoms with Gasteiger partial charge in [0.25, 0.3) is 0 Å². The number of para-hydroxylation sites is 1. The van der Waals surface area contributed by atoms with Crippen LogP contribution in [0, 0.1) is 0 Å². The van der Waals surface area contributed by atoms with Gasteiger partial charge >= 0.3 is 0 Å². The van der Waals surface area contributed by atoms with Crippen LogP contribution in [0.25, 0.3) is 50.6 Å². The van der Waals surface area contributed by atoms with E-state index in [1.165, 1.54) is 27.1 Å². The number of allylic oxidation sites excluding steroid dienone is 4. The molecule has 306 valence electrons. The van der Waals surface area contributed by atoms with Crippen LogP contribution in [0.15, 0.2) is 254 Å². The van der Waals surface area contributed by atoms with Gasteiger partial charge < -0.3 is 9.80 Å². The molecule has 0 atom stereocenters. The van der Waals surface area contributed by atoms with E-state index in [1.807, 2.05) is 78.5 Å². The molecule has 5 nitrogen and oxygen atoms in total. The van der Waals surface area contributed by atoms with Crippen molar-refractivity contribution in [3.8, 4) is 45.0 Å². The summed E-state index contributed by atoms with van der Waals surface area (Å²) in [7, 11) is 0. The summed E-state index contributed by atoms with van der Waals surface area (Å²) >= 11 is 1.84. The second-order valence-corrected chi connectivity index (χ2v) is 16.3. The molecule has 8 aromatic carbocycles. The normalized spacial score (nSPS) is 13.0. The monoisotopic (exact) mass is 841 g/mol. The Morgan fingerprint density at radius 3 is 1.41 bits per heavy atom. The maximum absolute atomic E-state index is 4.98. The predicted octanol–water partition coefficient (Wildman–Crippen LogP) is 15.4. The lowest BCUT2D eigenvalue weighted by molar-refractivity contribution is 1.04. The number of anilines is 5. The van der Waals surface area contributed by atoms with E-state index in [4.69, 9.17) is 15.0 Å². The van der Waals surface area contributed by atoms with Crippen molar-refractivity contribution in [2.24, 2.45) is 0 Å². The average molecular weight is 842 g/mol. The van der Waals surface area contributed by atoms with Crippen LogP contribution in [-0.4, -0.2) is 20.7 Å². The Labute approximate surface area is 379 Å². The molecule has 0 spiro atoms. The number of fused-ring (bicyclic) bond motifs is 1. The van der Waals surface area contributed by atoms with E-state index in [2.05, 4.69) is 186 Å². The predicted molar refractivity (Wildman–Crippen MR) is 268 cm³/mol. The van der Waals surface area contributed by atoms with Crippen molar-refractivity contribution in [3.05, 3.63) is 255 Å². The van der Waals surface area contributed by atoms with Crippen LogP contribution in [0.5, 0.6) is 0 Å². The molecular formula is C58H43N5S. The van der Waals surface area contributed by atoms with Gasteiger partial charge in [-0.3, -0.25) is 0 Å². The van der Waals surface area contributed by atoms with E-state index in [0.29, 0.717) is 17.5 Å². The number of rotatable bonds is 11. The van der Waals surface area contributed by atoms with Crippen molar-refractivity contribution >= 4 is 45.8 Å². The molecule has 2 heterocycles. The first-order chi connectivity index (χ1) is 31.7. The first-order valence-corrected chi connectivity index (χ1v) is 22.3. The number of benzene rings is 8. The second kappa shape index (κ2) is 18.5. The number of thioether (sulfide) groups is 1. The molecule has 0 radical (unpaired) electrons. The van der Waals surface area contributed by atoms with E-state index in [1.54, 1.807) is 0 Å². The summed E-state index contributed by atoms with van der Waals surface area (Å²) in [5.41, 5.74) is 14.0. The number of aromatic nitrogens is 3. The minimum Gasteiger partial charge on any atom is -0.312 e. The average Bonchev–Trinajstić information content (AvgIpc) is 3.38. The van der Waals surface area contributed by atoms with Gasteiger partial charge in [0.05, 0.1) is 5.69 Å². The van der Waals surface area contributed by atoms with Gasteiger partial charge in [0, 0.05) is 55.8 Å². The molecule has 0 amide bonds. The van der Waals surface area contributed by atoms with E-state index >= 15 is 0 Å². The third-order valence-electron chi connectivity index (χ3n) is 11.2. The SMILES string of the molecule is C=CC(=CC=C1CSc2cc(N(c3ccc(-c4ccccc4)cc3)c3ccc(-c4ccccc4)cc3)ccc2N1c1ccccc1)c1nc(-c2ccccc2)nc(-c2ccccc2)n1. The highest BCUT2D eigenvalue weighted by Crippen LogP contribution is 2.47. The van der Waals surface area contributed by atoms with Crippen molar-refractivity contribution in [2.75, 3.05) is 15.6 Å². The topological polar surface area (TPSA) is 45.2 Å². The molecular weight excluding hydrogens is 799 g/mol. The van der Waals surface area contributed by atoms with Crippen molar-refractivity contribution < 1.29 is 0 Å². The zero-order valence-corrected chi connectivity index (χ0v) is 35.9. The molecule has 0 N–H and O–H groups in total. The smallest absolute Gasteiger partial charge is 0.164 e. The molecule has 1 aromatic heterocycles. The Morgan fingerprint density at radius 2 is 0.922 bits per heavy atom. The number of hydrogen-bond acceptors (Lipinski definition) is 6. The third kappa shape index (κ3) is 8.55. The van der Waals surface area contributed by atoms with Crippen LogP contribution in [0.1, 0.15) is 5.82 Å². The van der Waals surface area contributed by atoms with Crippen LogP contribution < -0.4 is 9.80 Å². The summed E-state index contributed by atoms with van der Waals surface area (Å²) in [6.07, 6.45) is 6.08. The third-order valence-corrected chi connectivity index (χ3v) is 12.3. The second-order valence-electron chi connectivity index (χ2n) is 15.3. The van der Waals surface area contributed by atoms with E-state index in [0.717, 1.165) is 56.6 Å². The number of nitrogens with zero attached hydrogens (tertiary/aromatic N) is 5. The minimum atomic E-state index is 0.563. The molecule has 0 saturated heterocycles. The largest absolute Gasteiger partial charge is 0.312 e.